The molecule has 196 valence electrons. The third-order valence-electron chi connectivity index (χ3n) is 6.72. The van der Waals surface area contributed by atoms with Gasteiger partial charge in [0.2, 0.25) is 0 Å². The molecule has 9 heteroatoms. The molecule has 5 aromatic rings. The molecule has 0 radical (unpaired) electrons. The first-order valence-electron chi connectivity index (χ1n) is 12.9. The zero-order chi connectivity index (χ0) is 26.6. The topological polar surface area (TPSA) is 104 Å². The SMILES string of the molecule is O=C(Nc1ccccc1N1CCNCC1)c1ccn2ncc(-c3ccc(O)c(OCc4ccccc4)c3)c2n1. The van der Waals surface area contributed by atoms with E-state index in [0.717, 1.165) is 54.2 Å². The highest BCUT2D eigenvalue weighted by atomic mass is 16.5. The first kappa shape index (κ1) is 24.4. The van der Waals surface area contributed by atoms with E-state index < -0.39 is 0 Å². The van der Waals surface area contributed by atoms with Gasteiger partial charge in [-0.3, -0.25) is 4.79 Å². The summed E-state index contributed by atoms with van der Waals surface area (Å²) in [5, 5.41) is 21.2. The van der Waals surface area contributed by atoms with E-state index in [2.05, 4.69) is 25.6 Å². The number of carbonyl (C=O) groups is 1. The van der Waals surface area contributed by atoms with Crippen LogP contribution in [-0.2, 0) is 6.61 Å². The molecule has 9 nitrogen and oxygen atoms in total. The van der Waals surface area contributed by atoms with Crippen LogP contribution in [0.3, 0.4) is 0 Å². The van der Waals surface area contributed by atoms with Gasteiger partial charge in [0.05, 0.1) is 17.6 Å². The van der Waals surface area contributed by atoms with Crippen molar-refractivity contribution in [2.75, 3.05) is 36.4 Å². The second kappa shape index (κ2) is 10.8. The lowest BCUT2D eigenvalue weighted by atomic mass is 10.1. The van der Waals surface area contributed by atoms with E-state index in [9.17, 15) is 9.90 Å². The molecule has 1 aliphatic heterocycles. The van der Waals surface area contributed by atoms with Crippen LogP contribution in [0.1, 0.15) is 16.1 Å². The molecule has 6 rings (SSSR count). The molecular formula is C30H28N6O3. The molecule has 3 heterocycles. The van der Waals surface area contributed by atoms with E-state index in [1.54, 1.807) is 41.2 Å². The second-order valence-corrected chi connectivity index (χ2v) is 9.30. The molecule has 39 heavy (non-hydrogen) atoms. The van der Waals surface area contributed by atoms with Gasteiger partial charge in [-0.25, -0.2) is 9.50 Å². The number of carbonyl (C=O) groups excluding carboxylic acids is 1. The monoisotopic (exact) mass is 520 g/mol. The number of aromatic nitrogens is 3. The predicted octanol–water partition coefficient (Wildman–Crippen LogP) is 4.34. The number of phenols is 1. The maximum Gasteiger partial charge on any atom is 0.274 e. The molecule has 1 fully saturated rings. The summed E-state index contributed by atoms with van der Waals surface area (Å²) in [6, 6.07) is 24.3. The van der Waals surface area contributed by atoms with Gasteiger partial charge >= 0.3 is 0 Å². The number of rotatable bonds is 7. The Kier molecular flexibility index (Phi) is 6.80. The summed E-state index contributed by atoms with van der Waals surface area (Å²) in [6.45, 7) is 3.88. The quantitative estimate of drug-likeness (QED) is 0.293. The zero-order valence-electron chi connectivity index (χ0n) is 21.2. The van der Waals surface area contributed by atoms with Crippen molar-refractivity contribution in [2.24, 2.45) is 0 Å². The number of para-hydroxylation sites is 2. The van der Waals surface area contributed by atoms with Gasteiger partial charge in [-0.2, -0.15) is 5.10 Å². The zero-order valence-corrected chi connectivity index (χ0v) is 21.2. The average Bonchev–Trinajstić information content (AvgIpc) is 3.41. The van der Waals surface area contributed by atoms with Crippen LogP contribution in [0.4, 0.5) is 11.4 Å². The van der Waals surface area contributed by atoms with Crippen LogP contribution >= 0.6 is 0 Å². The van der Waals surface area contributed by atoms with Gasteiger partial charge in [0.1, 0.15) is 12.3 Å². The third kappa shape index (κ3) is 5.25. The molecular weight excluding hydrogens is 492 g/mol. The van der Waals surface area contributed by atoms with Gasteiger partial charge in [-0.15, -0.1) is 0 Å². The fourth-order valence-corrected chi connectivity index (χ4v) is 4.68. The van der Waals surface area contributed by atoms with Crippen LogP contribution < -0.4 is 20.3 Å². The van der Waals surface area contributed by atoms with Crippen molar-refractivity contribution < 1.29 is 14.6 Å². The number of anilines is 2. The Balaban J connectivity index is 1.26. The van der Waals surface area contributed by atoms with Crippen molar-refractivity contribution in [3.8, 4) is 22.6 Å². The lowest BCUT2D eigenvalue weighted by Gasteiger charge is -2.31. The number of piperazine rings is 1. The van der Waals surface area contributed by atoms with Crippen LogP contribution in [0, 0.1) is 0 Å². The smallest absolute Gasteiger partial charge is 0.274 e. The highest BCUT2D eigenvalue weighted by Crippen LogP contribution is 2.34. The van der Waals surface area contributed by atoms with Gasteiger partial charge < -0.3 is 25.4 Å². The van der Waals surface area contributed by atoms with Gasteiger partial charge in [-0.05, 0) is 41.5 Å². The van der Waals surface area contributed by atoms with E-state index >= 15 is 0 Å². The lowest BCUT2D eigenvalue weighted by Crippen LogP contribution is -2.43. The molecule has 0 bridgehead atoms. The van der Waals surface area contributed by atoms with Crippen molar-refractivity contribution in [2.45, 2.75) is 6.61 Å². The summed E-state index contributed by atoms with van der Waals surface area (Å²) in [5.74, 6) is 0.0984. The Morgan fingerprint density at radius 1 is 1.00 bits per heavy atom. The minimum atomic E-state index is -0.301. The summed E-state index contributed by atoms with van der Waals surface area (Å²) >= 11 is 0. The molecule has 0 atom stereocenters. The number of amides is 1. The molecule has 0 unspecified atom stereocenters. The van der Waals surface area contributed by atoms with Crippen molar-refractivity contribution in [3.05, 3.63) is 103 Å². The van der Waals surface area contributed by atoms with E-state index in [-0.39, 0.29) is 17.4 Å². The summed E-state index contributed by atoms with van der Waals surface area (Å²) in [6.07, 6.45) is 3.41. The van der Waals surface area contributed by atoms with Crippen molar-refractivity contribution in [3.63, 3.8) is 0 Å². The van der Waals surface area contributed by atoms with Crippen LogP contribution in [-0.4, -0.2) is 51.8 Å². The molecule has 3 N–H and O–H groups in total. The normalized spacial score (nSPS) is 13.4. The molecule has 1 amide bonds. The molecule has 0 saturated carbocycles. The number of fused-ring (bicyclic) bond motifs is 1. The highest BCUT2D eigenvalue weighted by molar-refractivity contribution is 6.05. The van der Waals surface area contributed by atoms with E-state index in [1.165, 1.54) is 0 Å². The first-order valence-corrected chi connectivity index (χ1v) is 12.9. The predicted molar refractivity (Wildman–Crippen MR) is 150 cm³/mol. The third-order valence-corrected chi connectivity index (χ3v) is 6.72. The summed E-state index contributed by atoms with van der Waals surface area (Å²) < 4.78 is 7.52. The summed E-state index contributed by atoms with van der Waals surface area (Å²) in [5.41, 5.74) is 5.02. The Hall–Kier alpha value is -4.89. The summed E-state index contributed by atoms with van der Waals surface area (Å²) in [7, 11) is 0. The number of aromatic hydroxyl groups is 1. The number of hydrogen-bond donors (Lipinski definition) is 3. The van der Waals surface area contributed by atoms with Gasteiger partial charge in [0.15, 0.2) is 17.1 Å². The molecule has 2 aromatic heterocycles. The van der Waals surface area contributed by atoms with Crippen LogP contribution in [0.2, 0.25) is 0 Å². The minimum Gasteiger partial charge on any atom is -0.504 e. The largest absolute Gasteiger partial charge is 0.504 e. The van der Waals surface area contributed by atoms with Crippen molar-refractivity contribution >= 4 is 22.9 Å². The van der Waals surface area contributed by atoms with Crippen LogP contribution in [0.25, 0.3) is 16.8 Å². The van der Waals surface area contributed by atoms with Crippen LogP contribution in [0.5, 0.6) is 11.5 Å². The number of nitrogens with one attached hydrogen (secondary N) is 2. The molecule has 3 aromatic carbocycles. The second-order valence-electron chi connectivity index (χ2n) is 9.30. The maximum absolute atomic E-state index is 13.3. The molecule has 1 aliphatic rings. The van der Waals surface area contributed by atoms with Crippen LogP contribution in [0.15, 0.2) is 91.3 Å². The van der Waals surface area contributed by atoms with Crippen molar-refractivity contribution in [1.29, 1.82) is 0 Å². The number of benzene rings is 3. The first-order chi connectivity index (χ1) is 19.2. The molecule has 1 saturated heterocycles. The minimum absolute atomic E-state index is 0.0438. The Morgan fingerprint density at radius 2 is 1.79 bits per heavy atom. The van der Waals surface area contributed by atoms with E-state index in [1.807, 2.05) is 54.6 Å². The van der Waals surface area contributed by atoms with Gasteiger partial charge in [0.25, 0.3) is 5.91 Å². The Labute approximate surface area is 225 Å². The average molecular weight is 521 g/mol. The molecule has 0 spiro atoms. The number of ether oxygens (including phenoxy) is 1. The number of phenolic OH excluding ortho intramolecular Hbond substituents is 1. The lowest BCUT2D eigenvalue weighted by molar-refractivity contribution is 0.102. The van der Waals surface area contributed by atoms with Gasteiger partial charge in [0, 0.05) is 37.9 Å². The van der Waals surface area contributed by atoms with Crippen molar-refractivity contribution in [1.82, 2.24) is 19.9 Å². The number of nitrogens with zero attached hydrogens (tertiary/aromatic N) is 4. The maximum atomic E-state index is 13.3. The fraction of sp³-hybridized carbons (Fsp3) is 0.167. The Morgan fingerprint density at radius 3 is 2.64 bits per heavy atom. The van der Waals surface area contributed by atoms with Gasteiger partial charge in [-0.1, -0.05) is 48.5 Å². The number of hydrogen-bond acceptors (Lipinski definition) is 7. The fourth-order valence-electron chi connectivity index (χ4n) is 4.68. The standard InChI is InChI=1S/C30H28N6O3/c37-27-11-10-22(18-28(27)39-20-21-6-2-1-3-7-21)23-19-32-36-15-12-25(33-29(23)36)30(38)34-24-8-4-5-9-26(24)35-16-13-31-14-17-35/h1-12,15,18-19,31,37H,13-14,16-17,20H2,(H,34,38). The highest BCUT2D eigenvalue weighted by Gasteiger charge is 2.18. The summed E-state index contributed by atoms with van der Waals surface area (Å²) in [4.78, 5) is 20.2. The van der Waals surface area contributed by atoms with E-state index in [0.29, 0.717) is 18.0 Å². The van der Waals surface area contributed by atoms with E-state index in [4.69, 9.17) is 4.74 Å². The molecule has 0 aliphatic carbocycles. The Bertz CT molecular complexity index is 1610.